The van der Waals surface area contributed by atoms with Gasteiger partial charge in [-0.1, -0.05) is 42.5 Å². The fourth-order valence-corrected chi connectivity index (χ4v) is 2.74. The fraction of sp³-hybridized carbons (Fsp3) is 0.350. The van der Waals surface area contributed by atoms with Crippen LogP contribution in [-0.4, -0.2) is 23.8 Å². The normalized spacial score (nSPS) is 13.2. The second kappa shape index (κ2) is 8.50. The molecule has 0 saturated carbocycles. The summed E-state index contributed by atoms with van der Waals surface area (Å²) >= 11 is 0. The van der Waals surface area contributed by atoms with E-state index in [-0.39, 0.29) is 11.9 Å². The molecule has 0 radical (unpaired) electrons. The number of urea groups is 1. The molecule has 0 heterocycles. The average Bonchev–Trinajstić information content (AvgIpc) is 2.56. The summed E-state index contributed by atoms with van der Waals surface area (Å²) in [6.07, 6.45) is 0.187. The molecule has 0 aliphatic heterocycles. The van der Waals surface area contributed by atoms with Gasteiger partial charge in [-0.3, -0.25) is 0 Å². The van der Waals surface area contributed by atoms with Crippen molar-refractivity contribution in [3.63, 3.8) is 0 Å². The molecule has 24 heavy (non-hydrogen) atoms. The number of anilines is 1. The zero-order chi connectivity index (χ0) is 17.5. The summed E-state index contributed by atoms with van der Waals surface area (Å²) in [6.45, 7) is 6.26. The Kier molecular flexibility index (Phi) is 6.38. The number of hydrogen-bond acceptors (Lipinski definition) is 2. The molecule has 0 aromatic heterocycles. The first-order valence-corrected chi connectivity index (χ1v) is 8.31. The van der Waals surface area contributed by atoms with Gasteiger partial charge in [-0.05, 0) is 49.9 Å². The predicted octanol–water partition coefficient (Wildman–Crippen LogP) is 3.98. The first-order chi connectivity index (χ1) is 11.5. The number of aliphatic hydroxyl groups excluding tert-OH is 1. The van der Waals surface area contributed by atoms with Crippen molar-refractivity contribution >= 4 is 11.7 Å². The Labute approximate surface area is 143 Å². The molecule has 128 valence electrons. The number of aliphatic hydroxyl groups is 1. The smallest absolute Gasteiger partial charge is 0.319 e. The molecule has 0 aliphatic carbocycles. The molecule has 2 aromatic rings. The minimum absolute atomic E-state index is 0.0792. The summed E-state index contributed by atoms with van der Waals surface area (Å²) in [5.74, 6) is 0.0792. The lowest BCUT2D eigenvalue weighted by Crippen LogP contribution is -2.33. The second-order valence-electron chi connectivity index (χ2n) is 6.27. The van der Waals surface area contributed by atoms with E-state index >= 15 is 0 Å². The molecule has 4 nitrogen and oxygen atoms in total. The van der Waals surface area contributed by atoms with E-state index in [1.807, 2.05) is 62.4 Å². The Morgan fingerprint density at radius 2 is 1.79 bits per heavy atom. The highest BCUT2D eigenvalue weighted by Gasteiger charge is 2.15. The van der Waals surface area contributed by atoms with Gasteiger partial charge in [0, 0.05) is 18.2 Å². The molecular formula is C20H26N2O2. The standard InChI is InChI=1S/C20H26N2O2/c1-14-8-7-11-19(16(14)3)22-20(24)21-13-18(12-15(2)23)17-9-5-4-6-10-17/h4-11,15,18,23H,12-13H2,1-3H3,(H2,21,22,24). The number of carbonyl (C=O) groups excluding carboxylic acids is 1. The van der Waals surface area contributed by atoms with Crippen LogP contribution >= 0.6 is 0 Å². The van der Waals surface area contributed by atoms with Crippen LogP contribution in [0, 0.1) is 13.8 Å². The number of amides is 2. The van der Waals surface area contributed by atoms with Crippen molar-refractivity contribution in [3.8, 4) is 0 Å². The van der Waals surface area contributed by atoms with Gasteiger partial charge in [-0.15, -0.1) is 0 Å². The van der Waals surface area contributed by atoms with Crippen LogP contribution in [-0.2, 0) is 0 Å². The van der Waals surface area contributed by atoms with Gasteiger partial charge in [0.15, 0.2) is 0 Å². The lowest BCUT2D eigenvalue weighted by Gasteiger charge is -2.20. The Hall–Kier alpha value is -2.33. The largest absolute Gasteiger partial charge is 0.393 e. The third-order valence-electron chi connectivity index (χ3n) is 4.26. The van der Waals surface area contributed by atoms with Crippen molar-refractivity contribution < 1.29 is 9.90 Å². The number of carbonyl (C=O) groups is 1. The molecule has 2 rings (SSSR count). The number of rotatable bonds is 6. The fourth-order valence-electron chi connectivity index (χ4n) is 2.74. The lowest BCUT2D eigenvalue weighted by molar-refractivity contribution is 0.173. The van der Waals surface area contributed by atoms with Crippen LogP contribution < -0.4 is 10.6 Å². The van der Waals surface area contributed by atoms with Gasteiger partial charge in [-0.2, -0.15) is 0 Å². The molecule has 0 aliphatic rings. The summed E-state index contributed by atoms with van der Waals surface area (Å²) < 4.78 is 0. The molecule has 4 heteroatoms. The quantitative estimate of drug-likeness (QED) is 0.752. The van der Waals surface area contributed by atoms with Gasteiger partial charge in [0.25, 0.3) is 0 Å². The molecule has 0 spiro atoms. The Morgan fingerprint density at radius 3 is 2.46 bits per heavy atom. The van der Waals surface area contributed by atoms with Crippen molar-refractivity contribution in [3.05, 3.63) is 65.2 Å². The minimum Gasteiger partial charge on any atom is -0.393 e. The first kappa shape index (κ1) is 18.0. The molecule has 0 fully saturated rings. The first-order valence-electron chi connectivity index (χ1n) is 8.31. The Balaban J connectivity index is 1.98. The maximum Gasteiger partial charge on any atom is 0.319 e. The maximum absolute atomic E-state index is 12.2. The van der Waals surface area contributed by atoms with Gasteiger partial charge in [0.05, 0.1) is 6.10 Å². The number of benzene rings is 2. The van der Waals surface area contributed by atoms with E-state index in [1.165, 1.54) is 0 Å². The molecule has 3 N–H and O–H groups in total. The van der Waals surface area contributed by atoms with Gasteiger partial charge in [-0.25, -0.2) is 4.79 Å². The van der Waals surface area contributed by atoms with E-state index in [1.54, 1.807) is 6.92 Å². The van der Waals surface area contributed by atoms with Gasteiger partial charge < -0.3 is 15.7 Å². The van der Waals surface area contributed by atoms with Crippen LogP contribution in [0.2, 0.25) is 0 Å². The van der Waals surface area contributed by atoms with E-state index in [0.717, 1.165) is 22.4 Å². The van der Waals surface area contributed by atoms with Crippen molar-refractivity contribution in [1.29, 1.82) is 0 Å². The van der Waals surface area contributed by atoms with Crippen LogP contribution in [0.3, 0.4) is 0 Å². The second-order valence-corrected chi connectivity index (χ2v) is 6.27. The molecule has 2 unspecified atom stereocenters. The maximum atomic E-state index is 12.2. The molecule has 0 saturated heterocycles. The molecule has 2 amide bonds. The van der Waals surface area contributed by atoms with Crippen molar-refractivity contribution in [2.24, 2.45) is 0 Å². The van der Waals surface area contributed by atoms with Crippen molar-refractivity contribution in [2.75, 3.05) is 11.9 Å². The monoisotopic (exact) mass is 326 g/mol. The van der Waals surface area contributed by atoms with Crippen molar-refractivity contribution in [2.45, 2.75) is 39.2 Å². The Morgan fingerprint density at radius 1 is 1.08 bits per heavy atom. The summed E-state index contributed by atoms with van der Waals surface area (Å²) in [4.78, 5) is 12.2. The van der Waals surface area contributed by atoms with E-state index in [0.29, 0.717) is 13.0 Å². The summed E-state index contributed by atoms with van der Waals surface area (Å²) in [7, 11) is 0. The molecule has 0 bridgehead atoms. The van der Waals surface area contributed by atoms with Crippen LogP contribution in [0.15, 0.2) is 48.5 Å². The predicted molar refractivity (Wildman–Crippen MR) is 98.4 cm³/mol. The molecule has 2 atom stereocenters. The van der Waals surface area contributed by atoms with E-state index < -0.39 is 6.10 Å². The highest BCUT2D eigenvalue weighted by Crippen LogP contribution is 2.21. The summed E-state index contributed by atoms with van der Waals surface area (Å²) in [5, 5.41) is 15.5. The number of nitrogens with one attached hydrogen (secondary N) is 2. The summed E-state index contributed by atoms with van der Waals surface area (Å²) in [5.41, 5.74) is 4.14. The van der Waals surface area contributed by atoms with E-state index in [2.05, 4.69) is 10.6 Å². The number of aryl methyl sites for hydroxylation is 1. The molecule has 2 aromatic carbocycles. The third kappa shape index (κ3) is 5.10. The van der Waals surface area contributed by atoms with E-state index in [4.69, 9.17) is 0 Å². The topological polar surface area (TPSA) is 61.4 Å². The van der Waals surface area contributed by atoms with Crippen LogP contribution in [0.1, 0.15) is 36.0 Å². The zero-order valence-corrected chi connectivity index (χ0v) is 14.5. The average molecular weight is 326 g/mol. The van der Waals surface area contributed by atoms with Crippen molar-refractivity contribution in [1.82, 2.24) is 5.32 Å². The lowest BCUT2D eigenvalue weighted by atomic mass is 9.93. The van der Waals surface area contributed by atoms with Gasteiger partial charge in [0.2, 0.25) is 0 Å². The minimum atomic E-state index is -0.418. The third-order valence-corrected chi connectivity index (χ3v) is 4.26. The SMILES string of the molecule is Cc1cccc(NC(=O)NCC(CC(C)O)c2ccccc2)c1C. The van der Waals surface area contributed by atoms with Gasteiger partial charge in [0.1, 0.15) is 0 Å². The van der Waals surface area contributed by atoms with Crippen LogP contribution in [0.5, 0.6) is 0 Å². The van der Waals surface area contributed by atoms with Crippen LogP contribution in [0.25, 0.3) is 0 Å². The van der Waals surface area contributed by atoms with Gasteiger partial charge >= 0.3 is 6.03 Å². The highest BCUT2D eigenvalue weighted by molar-refractivity contribution is 5.90. The van der Waals surface area contributed by atoms with Crippen LogP contribution in [0.4, 0.5) is 10.5 Å². The number of hydrogen-bond donors (Lipinski definition) is 3. The van der Waals surface area contributed by atoms with E-state index in [9.17, 15) is 9.90 Å². The Bertz CT molecular complexity index is 669. The molecular weight excluding hydrogens is 300 g/mol. The summed E-state index contributed by atoms with van der Waals surface area (Å²) in [6, 6.07) is 15.6. The highest BCUT2D eigenvalue weighted by atomic mass is 16.3. The zero-order valence-electron chi connectivity index (χ0n) is 14.5.